The minimum absolute atomic E-state index is 0.0938. The summed E-state index contributed by atoms with van der Waals surface area (Å²) in [5.41, 5.74) is -0.583. The summed E-state index contributed by atoms with van der Waals surface area (Å²) in [6, 6.07) is 0. The van der Waals surface area contributed by atoms with Gasteiger partial charge in [-0.15, -0.1) is 0 Å². The van der Waals surface area contributed by atoms with E-state index in [1.807, 2.05) is 34.6 Å². The van der Waals surface area contributed by atoms with Crippen molar-refractivity contribution in [2.24, 2.45) is 40.9 Å². The first-order chi connectivity index (χ1) is 10.8. The van der Waals surface area contributed by atoms with Crippen molar-refractivity contribution < 1.29 is 19.8 Å². The lowest BCUT2D eigenvalue weighted by Crippen LogP contribution is -2.38. The van der Waals surface area contributed by atoms with Gasteiger partial charge in [0, 0.05) is 0 Å². The molecule has 4 nitrogen and oxygen atoms in total. The molecule has 0 aromatic heterocycles. The molecule has 2 N–H and O–H groups in total. The summed E-state index contributed by atoms with van der Waals surface area (Å²) in [6.07, 6.45) is 3.17. The number of carboxylic acid groups (broad SMARTS) is 2. The van der Waals surface area contributed by atoms with E-state index >= 15 is 0 Å². The van der Waals surface area contributed by atoms with E-state index < -0.39 is 17.4 Å². The number of rotatable bonds is 5. The predicted octanol–water partition coefficient (Wildman–Crippen LogP) is 5.17. The molecule has 0 aromatic carbocycles. The molecular formula is C20H38O4. The van der Waals surface area contributed by atoms with Crippen LogP contribution < -0.4 is 0 Å². The first-order valence-corrected chi connectivity index (χ1v) is 9.31. The zero-order chi connectivity index (χ0) is 19.2. The van der Waals surface area contributed by atoms with Crippen molar-refractivity contribution in [1.29, 1.82) is 0 Å². The van der Waals surface area contributed by atoms with E-state index in [9.17, 15) is 9.59 Å². The van der Waals surface area contributed by atoms with Crippen molar-refractivity contribution in [3.63, 3.8) is 0 Å². The maximum Gasteiger partial charge on any atom is 0.309 e. The molecule has 0 saturated heterocycles. The van der Waals surface area contributed by atoms with Gasteiger partial charge < -0.3 is 10.2 Å². The van der Waals surface area contributed by atoms with E-state index in [1.54, 1.807) is 0 Å². The van der Waals surface area contributed by atoms with Gasteiger partial charge in [0.1, 0.15) is 0 Å². The van der Waals surface area contributed by atoms with Gasteiger partial charge in [0.25, 0.3) is 0 Å². The van der Waals surface area contributed by atoms with Crippen LogP contribution in [0, 0.1) is 40.9 Å². The van der Waals surface area contributed by atoms with Gasteiger partial charge in [0.15, 0.2) is 0 Å². The Kier molecular flexibility index (Phi) is 9.01. The predicted molar refractivity (Wildman–Crippen MR) is 97.9 cm³/mol. The molecule has 3 unspecified atom stereocenters. The average molecular weight is 343 g/mol. The molecule has 1 rings (SSSR count). The van der Waals surface area contributed by atoms with Gasteiger partial charge in [-0.3, -0.25) is 9.59 Å². The molecule has 24 heavy (non-hydrogen) atoms. The Labute approximate surface area is 148 Å². The molecule has 1 aliphatic carbocycles. The highest BCUT2D eigenvalue weighted by Crippen LogP contribution is 2.38. The average Bonchev–Trinajstić information content (AvgIpc) is 2.45. The number of hydrogen-bond donors (Lipinski definition) is 2. The molecule has 0 aromatic rings. The summed E-state index contributed by atoms with van der Waals surface area (Å²) in [5, 5.41) is 18.0. The fourth-order valence-corrected chi connectivity index (χ4v) is 3.65. The molecular weight excluding hydrogens is 304 g/mol. The molecule has 1 saturated carbocycles. The summed E-state index contributed by atoms with van der Waals surface area (Å²) in [5.74, 6) is 0.481. The van der Waals surface area contributed by atoms with E-state index in [1.165, 1.54) is 6.42 Å². The molecule has 0 spiro atoms. The molecule has 0 radical (unpaired) electrons. The molecule has 0 bridgehead atoms. The largest absolute Gasteiger partial charge is 0.481 e. The van der Waals surface area contributed by atoms with Crippen LogP contribution in [0.4, 0.5) is 0 Å². The Morgan fingerprint density at radius 3 is 1.67 bits per heavy atom. The van der Waals surface area contributed by atoms with Crippen molar-refractivity contribution in [3.05, 3.63) is 0 Å². The fourth-order valence-electron chi connectivity index (χ4n) is 3.65. The highest BCUT2D eigenvalue weighted by molar-refractivity contribution is 5.74. The minimum Gasteiger partial charge on any atom is -0.481 e. The molecule has 0 amide bonds. The number of carbonyl (C=O) groups is 2. The lowest BCUT2D eigenvalue weighted by molar-refractivity contribution is -0.154. The Morgan fingerprint density at radius 1 is 0.958 bits per heavy atom. The van der Waals surface area contributed by atoms with Crippen molar-refractivity contribution in [3.8, 4) is 0 Å². The molecule has 3 atom stereocenters. The second kappa shape index (κ2) is 9.43. The van der Waals surface area contributed by atoms with Gasteiger partial charge in [0.05, 0.1) is 11.3 Å². The summed E-state index contributed by atoms with van der Waals surface area (Å²) in [4.78, 5) is 21.9. The van der Waals surface area contributed by atoms with Gasteiger partial charge in [-0.1, -0.05) is 54.9 Å². The SMILES string of the molecule is CC(C)C(C)(C(=O)O)C(C)C.CC1CCC(C(C)C)C(C(=O)O)C1. The zero-order valence-electron chi connectivity index (χ0n) is 16.8. The van der Waals surface area contributed by atoms with Crippen LogP contribution in [0.15, 0.2) is 0 Å². The van der Waals surface area contributed by atoms with Gasteiger partial charge >= 0.3 is 11.9 Å². The maximum absolute atomic E-state index is 11.0. The van der Waals surface area contributed by atoms with Crippen LogP contribution in [-0.4, -0.2) is 22.2 Å². The Balaban J connectivity index is 0.000000449. The third-order valence-corrected chi connectivity index (χ3v) is 6.20. The quantitative estimate of drug-likeness (QED) is 0.723. The first kappa shape index (κ1) is 22.9. The van der Waals surface area contributed by atoms with Gasteiger partial charge in [-0.05, 0) is 49.4 Å². The van der Waals surface area contributed by atoms with Crippen LogP contribution in [-0.2, 0) is 9.59 Å². The molecule has 0 aliphatic heterocycles. The van der Waals surface area contributed by atoms with E-state index in [0.717, 1.165) is 12.8 Å². The normalized spacial score (nSPS) is 24.7. The summed E-state index contributed by atoms with van der Waals surface area (Å²) >= 11 is 0. The van der Waals surface area contributed by atoms with E-state index in [2.05, 4.69) is 20.8 Å². The molecule has 1 aliphatic rings. The van der Waals surface area contributed by atoms with Crippen molar-refractivity contribution >= 4 is 11.9 Å². The first-order valence-electron chi connectivity index (χ1n) is 9.31. The summed E-state index contributed by atoms with van der Waals surface area (Å²) < 4.78 is 0. The zero-order valence-corrected chi connectivity index (χ0v) is 16.8. The Morgan fingerprint density at radius 2 is 1.42 bits per heavy atom. The second-order valence-corrected chi connectivity index (χ2v) is 8.67. The fraction of sp³-hybridized carbons (Fsp3) is 0.900. The van der Waals surface area contributed by atoms with Crippen LogP contribution in [0.25, 0.3) is 0 Å². The summed E-state index contributed by atoms with van der Waals surface area (Å²) in [7, 11) is 0. The highest BCUT2D eigenvalue weighted by atomic mass is 16.4. The highest BCUT2D eigenvalue weighted by Gasteiger charge is 2.39. The molecule has 1 fully saturated rings. The van der Waals surface area contributed by atoms with E-state index in [4.69, 9.17) is 10.2 Å². The second-order valence-electron chi connectivity index (χ2n) is 8.67. The number of aliphatic carboxylic acids is 2. The molecule has 0 heterocycles. The van der Waals surface area contributed by atoms with Crippen molar-refractivity contribution in [2.45, 2.75) is 74.7 Å². The van der Waals surface area contributed by atoms with Crippen LogP contribution in [0.2, 0.25) is 0 Å². The van der Waals surface area contributed by atoms with Crippen molar-refractivity contribution in [1.82, 2.24) is 0 Å². The number of hydrogen-bond acceptors (Lipinski definition) is 2. The Hall–Kier alpha value is -1.06. The minimum atomic E-state index is -0.692. The molecule has 4 heteroatoms. The van der Waals surface area contributed by atoms with Gasteiger partial charge in [0.2, 0.25) is 0 Å². The van der Waals surface area contributed by atoms with Crippen LogP contribution in [0.1, 0.15) is 74.7 Å². The molecule has 142 valence electrons. The topological polar surface area (TPSA) is 74.6 Å². The maximum atomic E-state index is 11.0. The third-order valence-electron chi connectivity index (χ3n) is 6.20. The van der Waals surface area contributed by atoms with Gasteiger partial charge in [-0.2, -0.15) is 0 Å². The van der Waals surface area contributed by atoms with Crippen molar-refractivity contribution in [2.75, 3.05) is 0 Å². The third kappa shape index (κ3) is 5.78. The number of carboxylic acids is 2. The van der Waals surface area contributed by atoms with Crippen LogP contribution >= 0.6 is 0 Å². The Bertz CT molecular complexity index is 404. The monoisotopic (exact) mass is 342 g/mol. The van der Waals surface area contributed by atoms with Gasteiger partial charge in [-0.25, -0.2) is 0 Å². The van der Waals surface area contributed by atoms with Crippen LogP contribution in [0.5, 0.6) is 0 Å². The standard InChI is InChI=1S/C11H20O2.C9H18O2/c1-7(2)9-5-4-8(3)6-10(9)11(12)13;1-6(2)9(5,7(3)4)8(10)11/h7-10H,4-6H2,1-3H3,(H,12,13);6-7H,1-5H3,(H,10,11). The lowest BCUT2D eigenvalue weighted by Gasteiger charge is -2.34. The summed E-state index contributed by atoms with van der Waals surface area (Å²) in [6.45, 7) is 16.1. The lowest BCUT2D eigenvalue weighted by atomic mass is 9.70. The van der Waals surface area contributed by atoms with E-state index in [0.29, 0.717) is 17.8 Å². The smallest absolute Gasteiger partial charge is 0.309 e. The van der Waals surface area contributed by atoms with E-state index in [-0.39, 0.29) is 17.8 Å². The van der Waals surface area contributed by atoms with Crippen LogP contribution in [0.3, 0.4) is 0 Å².